The summed E-state index contributed by atoms with van der Waals surface area (Å²) in [6, 6.07) is 19.2. The van der Waals surface area contributed by atoms with Crippen molar-refractivity contribution in [3.63, 3.8) is 0 Å². The fourth-order valence-corrected chi connectivity index (χ4v) is 12.1. The van der Waals surface area contributed by atoms with Gasteiger partial charge in [-0.05, 0) is 27.2 Å². The van der Waals surface area contributed by atoms with Gasteiger partial charge in [0, 0.05) is 26.7 Å². The minimum Gasteiger partial charge on any atom is -0.444 e. The largest absolute Gasteiger partial charge is 0.444 e. The summed E-state index contributed by atoms with van der Waals surface area (Å²) in [7, 11) is 3.34. The number of benzene rings is 3. The van der Waals surface area contributed by atoms with Crippen LogP contribution in [0.5, 0.6) is 5.75 Å². The molecule has 7 rings (SSSR count). The quantitative estimate of drug-likeness (QED) is 0.0576. The van der Waals surface area contributed by atoms with Crippen LogP contribution in [-0.2, 0) is 14.3 Å². The van der Waals surface area contributed by atoms with E-state index in [2.05, 4.69) is 11.2 Å². The summed E-state index contributed by atoms with van der Waals surface area (Å²) in [6.45, 7) is 6.67. The second-order valence-electron chi connectivity index (χ2n) is 16.1. The molecule has 1 atom stereocenters. The molecule has 3 aromatic carbocycles. The van der Waals surface area contributed by atoms with Crippen molar-refractivity contribution in [2.24, 2.45) is 5.92 Å². The molecule has 3 heterocycles. The molecule has 304 valence electrons. The smallest absolute Gasteiger partial charge is 0.410 e. The van der Waals surface area contributed by atoms with Gasteiger partial charge >= 0.3 is 252 Å². The maximum absolute atomic E-state index is 15.8. The van der Waals surface area contributed by atoms with Crippen LogP contribution < -0.4 is 4.74 Å². The van der Waals surface area contributed by atoms with Gasteiger partial charge in [-0.1, -0.05) is 6.08 Å². The second kappa shape index (κ2) is 17.7. The average Bonchev–Trinajstić information content (AvgIpc) is 3.96. The van der Waals surface area contributed by atoms with E-state index in [4.69, 9.17) is 14.2 Å². The van der Waals surface area contributed by atoms with Gasteiger partial charge in [0.15, 0.2) is 0 Å². The summed E-state index contributed by atoms with van der Waals surface area (Å²) in [6.07, 6.45) is 8.26. The number of nitrogens with zero attached hydrogens (tertiary/aromatic N) is 4. The molecular weight excluding hydrogens is 841 g/mol. The van der Waals surface area contributed by atoms with E-state index >= 15 is 4.39 Å². The molecule has 2 amide bonds. The van der Waals surface area contributed by atoms with Crippen LogP contribution in [0.1, 0.15) is 82.2 Å². The first-order chi connectivity index (χ1) is 27.4. The number of fused-ring (bicyclic) bond motifs is 1. The van der Waals surface area contributed by atoms with E-state index in [0.29, 0.717) is 23.3 Å². The maximum Gasteiger partial charge on any atom is 0.410 e. The Hall–Kier alpha value is -4.30. The van der Waals surface area contributed by atoms with Crippen LogP contribution in [0.3, 0.4) is 0 Å². The van der Waals surface area contributed by atoms with Crippen molar-refractivity contribution in [1.29, 1.82) is 0 Å². The van der Waals surface area contributed by atoms with Gasteiger partial charge in [-0.15, -0.1) is 0 Å². The zero-order valence-electron chi connectivity index (χ0n) is 33.5. The van der Waals surface area contributed by atoms with Gasteiger partial charge in [0.25, 0.3) is 0 Å². The number of alkyl halides is 2. The number of carbonyl (C=O) groups is 2. The van der Waals surface area contributed by atoms with E-state index in [9.17, 15) is 14.0 Å². The fourth-order valence-electron chi connectivity index (χ4n) is 7.30. The number of hydrogen-bond donors (Lipinski definition) is 0. The van der Waals surface area contributed by atoms with Crippen molar-refractivity contribution >= 4 is 53.9 Å². The molecule has 9 nitrogen and oxygen atoms in total. The van der Waals surface area contributed by atoms with Crippen LogP contribution in [0, 0.1) is 21.3 Å². The third-order valence-electron chi connectivity index (χ3n) is 10.5. The molecule has 1 saturated carbocycles. The first kappa shape index (κ1) is 40.9. The van der Waals surface area contributed by atoms with E-state index < -0.39 is 37.5 Å². The van der Waals surface area contributed by atoms with Crippen LogP contribution in [0.15, 0.2) is 72.8 Å². The molecule has 0 radical (unpaired) electrons. The molecule has 1 aromatic heterocycles. The van der Waals surface area contributed by atoms with Crippen molar-refractivity contribution in [2.75, 3.05) is 49.3 Å². The standard InChI is InChI=1S/C45H53F2IN4O5/c1-45(2,3)57-44(54)51(24-9-12-39(53)50(4)5)25-27-55-34-18-14-31(15-19-34)41(42(30-10-8-11-30)35-20-17-33(46)29-37(35)48-22-23-48)32-16-21-38-36(28-32)43(47)49-52(38)40-13-6-7-26-56-40/h9,12,14-21,28-30,40H,6-8,10-11,13,22-27H2,1-5H3/b12-9+,42-41+. The zero-order valence-corrected chi connectivity index (χ0v) is 35.7. The summed E-state index contributed by atoms with van der Waals surface area (Å²) < 4.78 is 53.7. The van der Waals surface area contributed by atoms with Gasteiger partial charge in [-0.3, -0.25) is 4.79 Å². The van der Waals surface area contributed by atoms with Gasteiger partial charge in [0.05, 0.1) is 0 Å². The van der Waals surface area contributed by atoms with Crippen LogP contribution >= 0.6 is 19.8 Å². The van der Waals surface area contributed by atoms with E-state index in [-0.39, 0.29) is 43.6 Å². The Morgan fingerprint density at radius 1 is 0.965 bits per heavy atom. The van der Waals surface area contributed by atoms with Crippen LogP contribution in [0.4, 0.5) is 13.6 Å². The summed E-state index contributed by atoms with van der Waals surface area (Å²) >= 11 is -1.43. The van der Waals surface area contributed by atoms with Gasteiger partial charge in [-0.2, -0.15) is 0 Å². The number of carbonyl (C=O) groups excluding carboxylic acids is 2. The first-order valence-corrected chi connectivity index (χ1v) is 24.0. The Labute approximate surface area is 341 Å². The number of allylic oxidation sites excluding steroid dienone is 1. The summed E-state index contributed by atoms with van der Waals surface area (Å²) in [5.41, 5.74) is 5.19. The molecule has 57 heavy (non-hydrogen) atoms. The molecule has 2 aliphatic heterocycles. The van der Waals surface area contributed by atoms with Crippen molar-refractivity contribution < 1.29 is 32.6 Å². The van der Waals surface area contributed by atoms with Crippen LogP contribution in [0.2, 0.25) is 0 Å². The molecule has 2 saturated heterocycles. The van der Waals surface area contributed by atoms with E-state index in [1.807, 2.05) is 63.2 Å². The van der Waals surface area contributed by atoms with Crippen molar-refractivity contribution in [3.05, 3.63) is 105 Å². The Kier molecular flexibility index (Phi) is 12.7. The summed E-state index contributed by atoms with van der Waals surface area (Å²) in [5.74, 6) is 0.0103. The number of halogens is 3. The number of rotatable bonds is 13. The number of ether oxygens (including phenoxy) is 3. The molecule has 0 N–H and O–H groups in total. The maximum atomic E-state index is 15.8. The number of amides is 2. The van der Waals surface area contributed by atoms with Gasteiger partial charge in [0.2, 0.25) is 5.91 Å². The average molecular weight is 895 g/mol. The summed E-state index contributed by atoms with van der Waals surface area (Å²) in [5, 5.41) is 4.77. The van der Waals surface area contributed by atoms with Crippen molar-refractivity contribution in [3.8, 4) is 5.75 Å². The Balaban J connectivity index is 1.22. The first-order valence-electron chi connectivity index (χ1n) is 19.9. The Bertz CT molecular complexity index is 2140. The normalized spacial score (nSPS) is 18.3. The Morgan fingerprint density at radius 2 is 1.72 bits per heavy atom. The van der Waals surface area contributed by atoms with Gasteiger partial charge in [-0.25, -0.2) is 4.79 Å². The van der Waals surface area contributed by atoms with E-state index in [1.165, 1.54) is 33.9 Å². The van der Waals surface area contributed by atoms with E-state index in [0.717, 1.165) is 60.8 Å². The molecular formula is C45H53F2IN4O5. The second-order valence-corrected chi connectivity index (χ2v) is 22.0. The predicted molar refractivity (Wildman–Crippen MR) is 228 cm³/mol. The third-order valence-corrected chi connectivity index (χ3v) is 15.2. The molecule has 12 heteroatoms. The molecule has 4 aromatic rings. The van der Waals surface area contributed by atoms with Crippen LogP contribution in [-0.4, -0.2) is 86.4 Å². The fraction of sp³-hybridized carbons (Fsp3) is 0.444. The molecule has 3 aliphatic rings. The molecule has 1 aliphatic carbocycles. The predicted octanol–water partition coefficient (Wildman–Crippen LogP) is 9.72. The number of hydrogen-bond acceptors (Lipinski definition) is 6. The Morgan fingerprint density at radius 3 is 2.37 bits per heavy atom. The van der Waals surface area contributed by atoms with Crippen LogP contribution in [0.25, 0.3) is 22.0 Å². The van der Waals surface area contributed by atoms with E-state index in [1.54, 1.807) is 37.0 Å². The number of likely N-dealkylation sites (N-methyl/N-ethyl adjacent to an activating group) is 1. The molecule has 0 bridgehead atoms. The summed E-state index contributed by atoms with van der Waals surface area (Å²) in [4.78, 5) is 28.1. The molecule has 1 unspecified atom stereocenters. The van der Waals surface area contributed by atoms with Gasteiger partial charge in [0.1, 0.15) is 5.60 Å². The number of aromatic nitrogens is 2. The minimum absolute atomic E-state index is 0.177. The monoisotopic (exact) mass is 894 g/mol. The van der Waals surface area contributed by atoms with Crippen molar-refractivity contribution in [1.82, 2.24) is 19.6 Å². The molecule has 0 spiro atoms. The topological polar surface area (TPSA) is 86.1 Å². The SMILES string of the molecule is CN(C)C(=O)/C=C/CN(CCOc1ccc(/C(=C(\c2ccc(F)cc2I2CC2)C2CCC2)c2ccc3c(c2)c(F)nn3C2CCCCO2)cc1)C(=O)OC(C)(C)C. The van der Waals surface area contributed by atoms with Crippen molar-refractivity contribution in [2.45, 2.75) is 71.1 Å². The van der Waals surface area contributed by atoms with Gasteiger partial charge < -0.3 is 9.64 Å². The molecule has 3 fully saturated rings. The third kappa shape index (κ3) is 9.88. The minimum atomic E-state index is -1.43. The zero-order chi connectivity index (χ0) is 40.3.